The average molecular weight is 332 g/mol. The van der Waals surface area contributed by atoms with Crippen molar-refractivity contribution in [1.29, 1.82) is 0 Å². The van der Waals surface area contributed by atoms with Crippen molar-refractivity contribution in [1.82, 2.24) is 5.32 Å². The van der Waals surface area contributed by atoms with Gasteiger partial charge in [0.2, 0.25) is 0 Å². The number of hydrogen-bond donors (Lipinski definition) is 2. The van der Waals surface area contributed by atoms with Gasteiger partial charge < -0.3 is 15.2 Å². The molecule has 21 heavy (non-hydrogen) atoms. The summed E-state index contributed by atoms with van der Waals surface area (Å²) in [4.78, 5) is 0. The molecule has 1 aliphatic rings. The molecule has 1 aromatic rings. The standard InChI is InChI=1S/C16H23Cl2NO2/c1-11-4-2-3-5-15(11)19-9-13(20)10-21-16-7-6-12(17)8-14(16)18/h6-8,11,13,15,19-20H,2-5,9-10H2,1H3. The van der Waals surface area contributed by atoms with E-state index in [1.54, 1.807) is 18.2 Å². The zero-order valence-corrected chi connectivity index (χ0v) is 13.8. The first-order chi connectivity index (χ1) is 10.1. The van der Waals surface area contributed by atoms with Crippen LogP contribution in [0.4, 0.5) is 0 Å². The molecule has 3 nitrogen and oxygen atoms in total. The lowest BCUT2D eigenvalue weighted by Gasteiger charge is -2.30. The second-order valence-corrected chi connectivity index (χ2v) is 6.66. The van der Waals surface area contributed by atoms with E-state index in [-0.39, 0.29) is 6.61 Å². The van der Waals surface area contributed by atoms with E-state index in [2.05, 4.69) is 12.2 Å². The average Bonchev–Trinajstić information content (AvgIpc) is 2.45. The Morgan fingerprint density at radius 2 is 2.10 bits per heavy atom. The number of aliphatic hydroxyl groups is 1. The third-order valence-electron chi connectivity index (χ3n) is 4.05. The van der Waals surface area contributed by atoms with Crippen molar-refractivity contribution < 1.29 is 9.84 Å². The van der Waals surface area contributed by atoms with Crippen LogP contribution in [-0.4, -0.2) is 30.4 Å². The van der Waals surface area contributed by atoms with Crippen LogP contribution in [0.3, 0.4) is 0 Å². The van der Waals surface area contributed by atoms with E-state index >= 15 is 0 Å². The maximum Gasteiger partial charge on any atom is 0.138 e. The molecule has 1 aliphatic carbocycles. The van der Waals surface area contributed by atoms with Crippen molar-refractivity contribution >= 4 is 23.2 Å². The lowest BCUT2D eigenvalue weighted by Crippen LogP contribution is -2.42. The van der Waals surface area contributed by atoms with E-state index in [4.69, 9.17) is 27.9 Å². The minimum atomic E-state index is -0.550. The molecule has 0 heterocycles. The molecule has 0 aromatic heterocycles. The Morgan fingerprint density at radius 1 is 1.33 bits per heavy atom. The molecule has 3 atom stereocenters. The molecule has 0 bridgehead atoms. The summed E-state index contributed by atoms with van der Waals surface area (Å²) in [5.41, 5.74) is 0. The van der Waals surface area contributed by atoms with Gasteiger partial charge in [-0.05, 0) is 37.0 Å². The molecular weight excluding hydrogens is 309 g/mol. The van der Waals surface area contributed by atoms with Crippen LogP contribution >= 0.6 is 23.2 Å². The maximum absolute atomic E-state index is 10.0. The smallest absolute Gasteiger partial charge is 0.138 e. The first-order valence-corrected chi connectivity index (χ1v) is 8.31. The minimum absolute atomic E-state index is 0.218. The number of ether oxygens (including phenoxy) is 1. The van der Waals surface area contributed by atoms with Crippen molar-refractivity contribution in [3.05, 3.63) is 28.2 Å². The highest BCUT2D eigenvalue weighted by molar-refractivity contribution is 6.35. The quantitative estimate of drug-likeness (QED) is 0.830. The molecule has 0 radical (unpaired) electrons. The van der Waals surface area contributed by atoms with Crippen LogP contribution in [0, 0.1) is 5.92 Å². The predicted octanol–water partition coefficient (Wildman–Crippen LogP) is 3.90. The number of benzene rings is 1. The van der Waals surface area contributed by atoms with Gasteiger partial charge in [0.05, 0.1) is 5.02 Å². The fraction of sp³-hybridized carbons (Fsp3) is 0.625. The molecule has 2 N–H and O–H groups in total. The van der Waals surface area contributed by atoms with Crippen LogP contribution in [0.15, 0.2) is 18.2 Å². The van der Waals surface area contributed by atoms with E-state index in [0.29, 0.717) is 34.3 Å². The summed E-state index contributed by atoms with van der Waals surface area (Å²) < 4.78 is 5.54. The van der Waals surface area contributed by atoms with E-state index in [0.717, 1.165) is 0 Å². The summed E-state index contributed by atoms with van der Waals surface area (Å²) in [7, 11) is 0. The third-order valence-corrected chi connectivity index (χ3v) is 4.58. The van der Waals surface area contributed by atoms with Crippen LogP contribution in [0.5, 0.6) is 5.75 Å². The Labute approximate surface area is 136 Å². The van der Waals surface area contributed by atoms with Gasteiger partial charge >= 0.3 is 0 Å². The fourth-order valence-electron chi connectivity index (χ4n) is 2.74. The summed E-state index contributed by atoms with van der Waals surface area (Å²) in [5, 5.41) is 14.5. The van der Waals surface area contributed by atoms with Crippen LogP contribution in [0.1, 0.15) is 32.6 Å². The van der Waals surface area contributed by atoms with Crippen molar-refractivity contribution in [2.24, 2.45) is 5.92 Å². The summed E-state index contributed by atoms with van der Waals surface area (Å²) >= 11 is 11.9. The maximum atomic E-state index is 10.0. The first kappa shape index (κ1) is 16.9. The SMILES string of the molecule is CC1CCCCC1NCC(O)COc1ccc(Cl)cc1Cl. The van der Waals surface area contributed by atoms with Crippen molar-refractivity contribution in [3.63, 3.8) is 0 Å². The van der Waals surface area contributed by atoms with Crippen LogP contribution in [0.2, 0.25) is 10.0 Å². The van der Waals surface area contributed by atoms with Crippen LogP contribution in [0.25, 0.3) is 0 Å². The summed E-state index contributed by atoms with van der Waals surface area (Å²) in [5.74, 6) is 1.23. The lowest BCUT2D eigenvalue weighted by molar-refractivity contribution is 0.0985. The molecule has 1 saturated carbocycles. The Morgan fingerprint density at radius 3 is 2.81 bits per heavy atom. The zero-order valence-electron chi connectivity index (χ0n) is 12.3. The Kier molecular flexibility index (Phi) is 6.62. The zero-order chi connectivity index (χ0) is 15.2. The molecule has 118 valence electrons. The number of aliphatic hydroxyl groups excluding tert-OH is 1. The molecule has 0 aliphatic heterocycles. The number of nitrogens with one attached hydrogen (secondary N) is 1. The summed E-state index contributed by atoms with van der Waals surface area (Å²) in [6.45, 7) is 3.03. The van der Waals surface area contributed by atoms with E-state index in [1.807, 2.05) is 0 Å². The highest BCUT2D eigenvalue weighted by Gasteiger charge is 2.21. The van der Waals surface area contributed by atoms with Crippen LogP contribution < -0.4 is 10.1 Å². The molecule has 2 rings (SSSR count). The number of halogens is 2. The van der Waals surface area contributed by atoms with Crippen molar-refractivity contribution in [2.45, 2.75) is 44.8 Å². The molecule has 3 unspecified atom stereocenters. The van der Waals surface area contributed by atoms with Gasteiger partial charge in [-0.2, -0.15) is 0 Å². The predicted molar refractivity (Wildman–Crippen MR) is 87.4 cm³/mol. The van der Waals surface area contributed by atoms with Gasteiger partial charge in [-0.25, -0.2) is 0 Å². The Hall–Kier alpha value is -0.480. The Bertz CT molecular complexity index is 456. The summed E-state index contributed by atoms with van der Waals surface area (Å²) in [6, 6.07) is 5.57. The minimum Gasteiger partial charge on any atom is -0.489 e. The van der Waals surface area contributed by atoms with Gasteiger partial charge in [0.1, 0.15) is 18.5 Å². The second-order valence-electron chi connectivity index (χ2n) is 5.82. The molecule has 5 heteroatoms. The third kappa shape index (κ3) is 5.33. The lowest BCUT2D eigenvalue weighted by atomic mass is 9.86. The van der Waals surface area contributed by atoms with Gasteiger partial charge in [-0.3, -0.25) is 0 Å². The monoisotopic (exact) mass is 331 g/mol. The van der Waals surface area contributed by atoms with Gasteiger partial charge in [0, 0.05) is 17.6 Å². The molecule has 1 aromatic carbocycles. The van der Waals surface area contributed by atoms with E-state index in [9.17, 15) is 5.11 Å². The largest absolute Gasteiger partial charge is 0.489 e. The van der Waals surface area contributed by atoms with Gasteiger partial charge in [-0.15, -0.1) is 0 Å². The molecule has 0 amide bonds. The van der Waals surface area contributed by atoms with Gasteiger partial charge in [0.15, 0.2) is 0 Å². The molecular formula is C16H23Cl2NO2. The van der Waals surface area contributed by atoms with Gasteiger partial charge in [-0.1, -0.05) is 43.0 Å². The normalized spacial score (nSPS) is 23.8. The first-order valence-electron chi connectivity index (χ1n) is 7.55. The molecule has 0 saturated heterocycles. The van der Waals surface area contributed by atoms with Crippen molar-refractivity contribution in [3.8, 4) is 5.75 Å². The second kappa shape index (κ2) is 8.23. The highest BCUT2D eigenvalue weighted by atomic mass is 35.5. The van der Waals surface area contributed by atoms with Crippen LogP contribution in [-0.2, 0) is 0 Å². The number of hydrogen-bond acceptors (Lipinski definition) is 3. The van der Waals surface area contributed by atoms with E-state index in [1.165, 1.54) is 25.7 Å². The van der Waals surface area contributed by atoms with E-state index < -0.39 is 6.10 Å². The Balaban J connectivity index is 1.73. The highest BCUT2D eigenvalue weighted by Crippen LogP contribution is 2.27. The van der Waals surface area contributed by atoms with Crippen molar-refractivity contribution in [2.75, 3.05) is 13.2 Å². The number of rotatable bonds is 6. The molecule has 1 fully saturated rings. The topological polar surface area (TPSA) is 41.5 Å². The van der Waals surface area contributed by atoms with Gasteiger partial charge in [0.25, 0.3) is 0 Å². The summed E-state index contributed by atoms with van der Waals surface area (Å²) in [6.07, 6.45) is 4.50. The molecule has 0 spiro atoms. The fourth-order valence-corrected chi connectivity index (χ4v) is 3.21.